The van der Waals surface area contributed by atoms with Gasteiger partial charge in [-0.15, -0.1) is 0 Å². The topological polar surface area (TPSA) is 62.7 Å². The van der Waals surface area contributed by atoms with Crippen LogP contribution in [0.25, 0.3) is 10.9 Å². The van der Waals surface area contributed by atoms with Crippen LogP contribution in [0, 0.1) is 0 Å². The molecular weight excluding hydrogens is 244 g/mol. The fraction of sp³-hybridized carbons (Fsp3) is 0.286. The molecule has 0 bridgehead atoms. The monoisotopic (exact) mass is 258 g/mol. The van der Waals surface area contributed by atoms with Crippen molar-refractivity contribution in [1.29, 1.82) is 0 Å². The first-order chi connectivity index (χ1) is 9.19. The van der Waals surface area contributed by atoms with Gasteiger partial charge in [0.15, 0.2) is 0 Å². The van der Waals surface area contributed by atoms with Gasteiger partial charge in [-0.3, -0.25) is 4.98 Å². The predicted molar refractivity (Wildman–Crippen MR) is 71.7 cm³/mol. The highest BCUT2D eigenvalue weighted by atomic mass is 16.5. The Morgan fingerprint density at radius 3 is 2.89 bits per heavy atom. The molecule has 0 unspecified atom stereocenters. The Labute approximate surface area is 110 Å². The van der Waals surface area contributed by atoms with Crippen LogP contribution in [0.15, 0.2) is 30.5 Å². The average Bonchev–Trinajstić information content (AvgIpc) is 2.36. The summed E-state index contributed by atoms with van der Waals surface area (Å²) < 4.78 is 5.24. The maximum atomic E-state index is 11.2. The molecule has 1 fully saturated rings. The minimum absolute atomic E-state index is 0.267. The number of carboxylic acids is 1. The largest absolute Gasteiger partial charge is 0.478 e. The highest BCUT2D eigenvalue weighted by Crippen LogP contribution is 2.27. The minimum atomic E-state index is -0.928. The third kappa shape index (κ3) is 2.02. The van der Waals surface area contributed by atoms with Crippen LogP contribution in [-0.4, -0.2) is 42.4 Å². The number of aromatic carboxylic acids is 1. The zero-order valence-corrected chi connectivity index (χ0v) is 10.5. The normalized spacial score (nSPS) is 15.5. The van der Waals surface area contributed by atoms with Crippen molar-refractivity contribution in [3.8, 4) is 0 Å². The van der Waals surface area contributed by atoms with Gasteiger partial charge in [0.1, 0.15) is 0 Å². The molecule has 19 heavy (non-hydrogen) atoms. The summed E-state index contributed by atoms with van der Waals surface area (Å²) in [6.45, 7) is 1.68. The Morgan fingerprint density at radius 1 is 1.42 bits per heavy atom. The maximum Gasteiger partial charge on any atom is 0.336 e. The molecule has 0 radical (unpaired) electrons. The molecule has 5 nitrogen and oxygen atoms in total. The summed E-state index contributed by atoms with van der Waals surface area (Å²) in [4.78, 5) is 17.6. The summed E-state index contributed by atoms with van der Waals surface area (Å²) in [5.74, 6) is -0.928. The van der Waals surface area contributed by atoms with Gasteiger partial charge in [-0.05, 0) is 24.3 Å². The molecule has 1 aromatic carbocycles. The zero-order chi connectivity index (χ0) is 13.4. The van der Waals surface area contributed by atoms with Gasteiger partial charge < -0.3 is 14.7 Å². The third-order valence-electron chi connectivity index (χ3n) is 3.50. The molecule has 0 atom stereocenters. The molecule has 0 amide bonds. The first-order valence-electron chi connectivity index (χ1n) is 6.09. The second-order valence-electron chi connectivity index (χ2n) is 4.63. The first-order valence-corrected chi connectivity index (χ1v) is 6.09. The Kier molecular flexibility index (Phi) is 2.83. The van der Waals surface area contributed by atoms with E-state index in [0.717, 1.165) is 18.8 Å². The molecule has 2 aromatic rings. The van der Waals surface area contributed by atoms with E-state index in [0.29, 0.717) is 10.9 Å². The molecule has 3 rings (SSSR count). The number of benzene rings is 1. The van der Waals surface area contributed by atoms with Crippen molar-refractivity contribution in [2.45, 2.75) is 6.10 Å². The Bertz CT molecular complexity index is 636. The number of hydrogen-bond donors (Lipinski definition) is 1. The van der Waals surface area contributed by atoms with Gasteiger partial charge in [-0.1, -0.05) is 0 Å². The number of rotatable bonds is 3. The number of ether oxygens (including phenoxy) is 1. The predicted octanol–water partition coefficient (Wildman–Crippen LogP) is 1.77. The fourth-order valence-corrected chi connectivity index (χ4v) is 2.32. The van der Waals surface area contributed by atoms with E-state index in [9.17, 15) is 9.90 Å². The van der Waals surface area contributed by atoms with Crippen LogP contribution in [-0.2, 0) is 4.74 Å². The minimum Gasteiger partial charge on any atom is -0.478 e. The molecule has 0 saturated carbocycles. The summed E-state index contributed by atoms with van der Waals surface area (Å²) in [5, 5.41) is 9.88. The highest BCUT2D eigenvalue weighted by molar-refractivity contribution is 6.03. The lowest BCUT2D eigenvalue weighted by atomic mass is 10.1. The molecule has 1 N–H and O–H groups in total. The van der Waals surface area contributed by atoms with Crippen molar-refractivity contribution < 1.29 is 14.6 Å². The Morgan fingerprint density at radius 2 is 2.21 bits per heavy atom. The standard InChI is InChI=1S/C14H14N2O3/c1-19-10-7-16(8-10)9-2-3-13-12(6-9)11(14(17)18)4-5-15-13/h2-6,10H,7-8H2,1H3,(H,17,18). The lowest BCUT2D eigenvalue weighted by Gasteiger charge is -2.40. The van der Waals surface area contributed by atoms with Crippen molar-refractivity contribution >= 4 is 22.6 Å². The van der Waals surface area contributed by atoms with Crippen molar-refractivity contribution in [1.82, 2.24) is 4.98 Å². The van der Waals surface area contributed by atoms with Gasteiger partial charge in [-0.25, -0.2) is 4.79 Å². The second-order valence-corrected chi connectivity index (χ2v) is 4.63. The summed E-state index contributed by atoms with van der Waals surface area (Å²) in [5.41, 5.74) is 2.00. The number of carbonyl (C=O) groups is 1. The molecule has 2 heterocycles. The molecule has 1 aliphatic rings. The quantitative estimate of drug-likeness (QED) is 0.909. The Balaban J connectivity index is 2.00. The molecule has 0 aliphatic carbocycles. The number of aromatic nitrogens is 1. The molecular formula is C14H14N2O3. The number of nitrogens with zero attached hydrogens (tertiary/aromatic N) is 2. The number of methoxy groups -OCH3 is 1. The van der Waals surface area contributed by atoms with Gasteiger partial charge in [0, 0.05) is 37.5 Å². The van der Waals surface area contributed by atoms with E-state index in [1.165, 1.54) is 12.3 Å². The lowest BCUT2D eigenvalue weighted by molar-refractivity contribution is 0.0698. The number of pyridine rings is 1. The second kappa shape index (κ2) is 4.51. The van der Waals surface area contributed by atoms with E-state index in [2.05, 4.69) is 9.88 Å². The summed E-state index contributed by atoms with van der Waals surface area (Å²) in [6, 6.07) is 7.24. The van der Waals surface area contributed by atoms with Gasteiger partial charge >= 0.3 is 5.97 Å². The van der Waals surface area contributed by atoms with E-state index in [1.54, 1.807) is 7.11 Å². The number of hydrogen-bond acceptors (Lipinski definition) is 4. The van der Waals surface area contributed by atoms with Crippen LogP contribution in [0.3, 0.4) is 0 Å². The maximum absolute atomic E-state index is 11.2. The lowest BCUT2D eigenvalue weighted by Crippen LogP contribution is -2.51. The van der Waals surface area contributed by atoms with Crippen molar-refractivity contribution in [3.63, 3.8) is 0 Å². The van der Waals surface area contributed by atoms with Gasteiger partial charge in [-0.2, -0.15) is 0 Å². The molecule has 1 aliphatic heterocycles. The number of carboxylic acid groups (broad SMARTS) is 1. The summed E-state index contributed by atoms with van der Waals surface area (Å²) >= 11 is 0. The van der Waals surface area contributed by atoms with Gasteiger partial charge in [0.25, 0.3) is 0 Å². The molecule has 0 spiro atoms. The van der Waals surface area contributed by atoms with Gasteiger partial charge in [0.2, 0.25) is 0 Å². The summed E-state index contributed by atoms with van der Waals surface area (Å²) in [6.07, 6.45) is 1.79. The highest BCUT2D eigenvalue weighted by Gasteiger charge is 2.26. The number of fused-ring (bicyclic) bond motifs is 1. The van der Waals surface area contributed by atoms with Crippen LogP contribution in [0.5, 0.6) is 0 Å². The molecule has 98 valence electrons. The Hall–Kier alpha value is -2.14. The molecule has 5 heteroatoms. The molecule has 1 saturated heterocycles. The van der Waals surface area contributed by atoms with Crippen molar-refractivity contribution in [2.24, 2.45) is 0 Å². The van der Waals surface area contributed by atoms with E-state index in [-0.39, 0.29) is 11.7 Å². The van der Waals surface area contributed by atoms with Crippen molar-refractivity contribution in [3.05, 3.63) is 36.0 Å². The smallest absolute Gasteiger partial charge is 0.336 e. The van der Waals surface area contributed by atoms with E-state index >= 15 is 0 Å². The van der Waals surface area contributed by atoms with Crippen LogP contribution in [0.2, 0.25) is 0 Å². The van der Waals surface area contributed by atoms with Crippen LogP contribution >= 0.6 is 0 Å². The van der Waals surface area contributed by atoms with E-state index in [1.807, 2.05) is 18.2 Å². The zero-order valence-electron chi connectivity index (χ0n) is 10.5. The third-order valence-corrected chi connectivity index (χ3v) is 3.50. The van der Waals surface area contributed by atoms with Gasteiger partial charge in [0.05, 0.1) is 17.2 Å². The van der Waals surface area contributed by atoms with Crippen LogP contribution in [0.1, 0.15) is 10.4 Å². The van der Waals surface area contributed by atoms with Crippen LogP contribution < -0.4 is 4.90 Å². The summed E-state index contributed by atoms with van der Waals surface area (Å²) in [7, 11) is 1.70. The average molecular weight is 258 g/mol. The van der Waals surface area contributed by atoms with E-state index in [4.69, 9.17) is 4.74 Å². The van der Waals surface area contributed by atoms with Crippen molar-refractivity contribution in [2.75, 3.05) is 25.1 Å². The van der Waals surface area contributed by atoms with Crippen LogP contribution in [0.4, 0.5) is 5.69 Å². The molecule has 1 aromatic heterocycles. The first kappa shape index (κ1) is 11.9. The SMILES string of the molecule is COC1CN(c2ccc3nccc(C(=O)O)c3c2)C1. The number of anilines is 1. The fourth-order valence-electron chi connectivity index (χ4n) is 2.32. The van der Waals surface area contributed by atoms with E-state index < -0.39 is 5.97 Å².